The van der Waals surface area contributed by atoms with Gasteiger partial charge in [-0.2, -0.15) is 11.8 Å². The van der Waals surface area contributed by atoms with Crippen LogP contribution in [0.25, 0.3) is 0 Å². The summed E-state index contributed by atoms with van der Waals surface area (Å²) in [6.07, 6.45) is 7.58. The van der Waals surface area contributed by atoms with Crippen LogP contribution in [-0.2, 0) is 96.2 Å². The van der Waals surface area contributed by atoms with Gasteiger partial charge in [-0.1, -0.05) is 70.5 Å². The van der Waals surface area contributed by atoms with Crippen molar-refractivity contribution < 1.29 is 121 Å². The first kappa shape index (κ1) is 114. The lowest BCUT2D eigenvalue weighted by Gasteiger charge is -2.23. The van der Waals surface area contributed by atoms with Crippen LogP contribution < -0.4 is 85.9 Å². The fourth-order valence-corrected chi connectivity index (χ4v) is 14.8. The number of benzene rings is 3. The van der Waals surface area contributed by atoms with Crippen molar-refractivity contribution in [2.45, 2.75) is 248 Å². The Balaban J connectivity index is -0.000000885. The Hall–Kier alpha value is -10.3. The van der Waals surface area contributed by atoms with E-state index in [4.69, 9.17) is 46.1 Å². The topological polar surface area (TPSA) is 615 Å². The van der Waals surface area contributed by atoms with Gasteiger partial charge in [0.05, 0.1) is 95.2 Å². The highest BCUT2D eigenvalue weighted by atomic mass is 32.2. The fourth-order valence-electron chi connectivity index (χ4n) is 13.3. The van der Waals surface area contributed by atoms with Gasteiger partial charge in [-0.3, -0.25) is 72.1 Å². The number of nitrogens with zero attached hydrogens (tertiary/aromatic N) is 2. The van der Waals surface area contributed by atoms with Gasteiger partial charge in [0.25, 0.3) is 5.91 Å². The van der Waals surface area contributed by atoms with E-state index in [0.717, 1.165) is 70.8 Å². The van der Waals surface area contributed by atoms with Crippen molar-refractivity contribution in [1.82, 2.24) is 84.2 Å². The molecule has 3 aromatic rings. The number of amides is 15. The summed E-state index contributed by atoms with van der Waals surface area (Å²) < 4.78 is 16.6. The Morgan fingerprint density at radius 1 is 0.477 bits per heavy atom. The van der Waals surface area contributed by atoms with Crippen LogP contribution in [0, 0.1) is 0 Å². The van der Waals surface area contributed by atoms with E-state index in [9.17, 15) is 77.3 Å². The van der Waals surface area contributed by atoms with Crippen molar-refractivity contribution in [1.29, 1.82) is 0 Å². The van der Waals surface area contributed by atoms with Crippen LogP contribution in [-0.4, -0.2) is 307 Å². The highest BCUT2D eigenvalue weighted by Crippen LogP contribution is 2.33. The fraction of sp³-hybridized carbons (Fsp3) is 0.636. The second kappa shape index (κ2) is 66.2. The third-order valence-electron chi connectivity index (χ3n) is 20.1. The molecule has 0 bridgehead atoms. The quantitative estimate of drug-likeness (QED) is 0.0208. The number of aliphatic hydroxyl groups is 3. The Kier molecular flexibility index (Phi) is 58.0. The number of nitrogens with two attached hydrogens (primary N) is 2. The normalized spacial score (nSPS) is 16.9. The lowest BCUT2D eigenvalue weighted by molar-refractivity contribution is -0.149. The number of imide groups is 2. The minimum atomic E-state index is -1.15. The first-order chi connectivity index (χ1) is 62.2. The molecule has 0 saturated carbocycles. The van der Waals surface area contributed by atoms with Crippen molar-refractivity contribution in [3.63, 3.8) is 0 Å². The summed E-state index contributed by atoms with van der Waals surface area (Å²) in [7, 11) is 2.86. The molecule has 0 aliphatic carbocycles. The molecule has 4 aliphatic heterocycles. The summed E-state index contributed by atoms with van der Waals surface area (Å²) in [5, 5.41) is 92.6. The number of carbonyl (C=O) groups excluding carboxylic acids is 14. The molecule has 41 nitrogen and oxygen atoms in total. The number of hydrogen-bond donors (Lipinski definition) is 22. The van der Waals surface area contributed by atoms with E-state index in [1.807, 2.05) is 39.5 Å². The van der Waals surface area contributed by atoms with Gasteiger partial charge in [0, 0.05) is 131 Å². The summed E-state index contributed by atoms with van der Waals surface area (Å²) in [5.74, 6) is -4.05. The summed E-state index contributed by atoms with van der Waals surface area (Å²) in [6.45, 7) is 17.2. The van der Waals surface area contributed by atoms with Gasteiger partial charge in [0.1, 0.15) is 35.4 Å². The number of ether oxygens (including phenoxy) is 3. The third-order valence-corrected chi connectivity index (χ3v) is 21.6. The van der Waals surface area contributed by atoms with Crippen molar-refractivity contribution in [2.24, 2.45) is 11.5 Å². The maximum absolute atomic E-state index is 12.8. The van der Waals surface area contributed by atoms with E-state index in [1.54, 1.807) is 62.4 Å². The van der Waals surface area contributed by atoms with Crippen LogP contribution in [0.4, 0.5) is 4.79 Å². The Morgan fingerprint density at radius 3 is 1.35 bits per heavy atom. The lowest BCUT2D eigenvalue weighted by atomic mass is 10.0. The van der Waals surface area contributed by atoms with E-state index in [1.165, 1.54) is 38.4 Å². The van der Waals surface area contributed by atoms with Crippen LogP contribution >= 0.6 is 11.8 Å². The maximum Gasteiger partial charge on any atom is 0.315 e. The van der Waals surface area contributed by atoms with Gasteiger partial charge in [0.2, 0.25) is 70.9 Å². The summed E-state index contributed by atoms with van der Waals surface area (Å²) in [6, 6.07) is 13.7. The highest BCUT2D eigenvalue weighted by molar-refractivity contribution is 8.00. The Morgan fingerprint density at radius 2 is 0.908 bits per heavy atom. The van der Waals surface area contributed by atoms with Crippen LogP contribution in [0.3, 0.4) is 0 Å². The SMILES string of the molecule is CC(C)N1C(=O)CC(N2C(=O)CC(NCCCOCCOCCOCCCNC(=O)CCCC[C@@H]3SC[C@@H]4NC(=O)N[C@@H]43)C2=O)C1=O.CNC(=O)CC(NC(=O)CC(NC(C)C)C(=O)NCCCCO)C(=O)NCCCCO.CNC(=O)CC(NC(=O)CC(NC(C)C)C(=O)NCc1ccc(O)cc1)C(=O)NCc1ccc(O)cc1.NCCCCO.NCc1ccc(O)cc1.[HH].[HH].[HH].[HH].[HH].[HH]. The number of carbonyl (C=O) groups is 14. The predicted molar refractivity (Wildman–Crippen MR) is 500 cm³/mol. The van der Waals surface area contributed by atoms with Crippen LogP contribution in [0.2, 0.25) is 0 Å². The molecular weight excluding hydrogens is 1710 g/mol. The molecule has 0 aromatic heterocycles. The number of aliphatic hydroxyl groups excluding tert-OH is 3. The molecule has 4 fully saturated rings. The highest BCUT2D eigenvalue weighted by Gasteiger charge is 2.51. The molecule has 0 radical (unpaired) electrons. The van der Waals surface area contributed by atoms with Gasteiger partial charge < -0.3 is 131 Å². The number of fused-ring (bicyclic) bond motifs is 1. The number of phenols is 3. The number of rotatable bonds is 56. The number of phenolic OH excluding ortho intramolecular Hbond substituents is 3. The predicted octanol–water partition coefficient (Wildman–Crippen LogP) is 0.505. The van der Waals surface area contributed by atoms with E-state index in [-0.39, 0.29) is 151 Å². The first-order valence-corrected chi connectivity index (χ1v) is 45.6. The molecule has 42 heteroatoms. The number of thioether (sulfide) groups is 1. The zero-order valence-corrected chi connectivity index (χ0v) is 77.2. The first-order valence-electron chi connectivity index (χ1n) is 44.6. The standard InChI is InChI=1S/C31H50N6O9S.C26H35N5O6.C20H39N5O6.C7H9NO.C4H11NO.6H2/c1-20(2)36-27(40)18-23(30(36)42)37-26(39)17-21(29(37)41)32-9-5-11-44-13-15-46-16-14-45-12-6-10-33-25(38)8-4-3-7-24-28-22(19-47-24)34-31(43)35-28;1-16(2)30-21(25(36)28-14-17-4-8-19(32)9-5-17)13-24(35)31-22(12-23(34)27-3)26(37)29-15-18-6-10-20(33)11-7-18;1-14(2)24-15(19(30)22-8-4-6-10-26)13-18(29)25-16(12-17(28)21-3)20(31)23-9-5-7-11-27;8-5-6-1-3-7(9)4-2-6;5-3-1-2-4-6;;;;;;/h20-24,28,32H,3-19H2,1-2H3,(H,33,38)(H2,34,35,43);4-11,16,21-22,30,32-33H,12-15H2,1-3H3,(H,27,34)(H,28,36)(H,29,37)(H,31,35);14-16,24,26-27H,4-13H2,1-3H3,(H,21,28)(H,22,30)(H,23,31)(H,25,29);1-4,9H,5,8H2;6H,1-5H2;6*1H/t21?,22-,23?,24-,28-;;;;;;;;;;/m0........../s1. The van der Waals surface area contributed by atoms with E-state index in [2.05, 4.69) is 74.4 Å². The van der Waals surface area contributed by atoms with Gasteiger partial charge >= 0.3 is 6.03 Å². The number of unbranched alkanes of at least 4 members (excludes halogenated alkanes) is 4. The second-order valence-electron chi connectivity index (χ2n) is 31.9. The van der Waals surface area contributed by atoms with Gasteiger partial charge in [0.15, 0.2) is 0 Å². The molecule has 6 unspecified atom stereocenters. The average molecular weight is 1870 g/mol. The molecule has 9 atom stereocenters. The minimum Gasteiger partial charge on any atom is -0.508 e. The van der Waals surface area contributed by atoms with Crippen molar-refractivity contribution in [3.8, 4) is 17.2 Å². The van der Waals surface area contributed by atoms with Gasteiger partial charge in [-0.25, -0.2) is 4.79 Å². The van der Waals surface area contributed by atoms with E-state index in [0.29, 0.717) is 123 Å². The minimum absolute atomic E-state index is 0. The van der Waals surface area contributed by atoms with Crippen LogP contribution in [0.5, 0.6) is 17.2 Å². The smallest absolute Gasteiger partial charge is 0.315 e. The zero-order valence-electron chi connectivity index (χ0n) is 76.4. The molecule has 0 spiro atoms. The number of likely N-dealkylation sites (tertiary alicyclic amines) is 2. The average Bonchev–Trinajstić information content (AvgIpc) is 1.62. The molecule has 7 rings (SSSR count). The van der Waals surface area contributed by atoms with Crippen LogP contribution in [0.15, 0.2) is 72.8 Å². The molecule has 742 valence electrons. The van der Waals surface area contributed by atoms with Gasteiger partial charge in [-0.15, -0.1) is 0 Å². The Labute approximate surface area is 774 Å². The molecule has 24 N–H and O–H groups in total. The summed E-state index contributed by atoms with van der Waals surface area (Å²) in [4.78, 5) is 175. The van der Waals surface area contributed by atoms with Crippen molar-refractivity contribution in [2.75, 3.05) is 112 Å². The van der Waals surface area contributed by atoms with E-state index < -0.39 is 95.3 Å². The number of aromatic hydroxyl groups is 3. The number of hydrogen-bond acceptors (Lipinski definition) is 29. The maximum atomic E-state index is 12.8. The number of urea groups is 1. The van der Waals surface area contributed by atoms with Gasteiger partial charge in [-0.05, 0) is 144 Å². The Bertz CT molecular complexity index is 3930. The zero-order chi connectivity index (χ0) is 96.3. The summed E-state index contributed by atoms with van der Waals surface area (Å²) in [5.41, 5.74) is 13.0. The van der Waals surface area contributed by atoms with E-state index >= 15 is 0 Å². The molecular formula is C88H156N18O23S. The molecule has 4 aliphatic rings. The molecule has 15 amide bonds. The van der Waals surface area contributed by atoms with Crippen LogP contribution in [0.1, 0.15) is 182 Å². The molecule has 4 heterocycles. The summed E-state index contributed by atoms with van der Waals surface area (Å²) >= 11 is 1.89. The molecule has 130 heavy (non-hydrogen) atoms. The third kappa shape index (κ3) is 47.0. The molecule has 4 saturated heterocycles. The van der Waals surface area contributed by atoms with Crippen molar-refractivity contribution in [3.05, 3.63) is 89.5 Å². The number of nitrogens with one attached hydrogen (secondary N) is 14. The van der Waals surface area contributed by atoms with Crippen molar-refractivity contribution >= 4 is 94.6 Å². The second-order valence-corrected chi connectivity index (χ2v) is 33.2. The monoisotopic (exact) mass is 1870 g/mol. The largest absolute Gasteiger partial charge is 0.508 e. The lowest BCUT2D eigenvalue weighted by Crippen LogP contribution is -2.53. The molecule has 3 aromatic carbocycles.